The van der Waals surface area contributed by atoms with Crippen LogP contribution < -0.4 is 5.73 Å². The van der Waals surface area contributed by atoms with Crippen LogP contribution in [0.4, 0.5) is 13.2 Å². The summed E-state index contributed by atoms with van der Waals surface area (Å²) in [5.41, 5.74) is 2.79. The highest BCUT2D eigenvalue weighted by Crippen LogP contribution is 2.63. The van der Waals surface area contributed by atoms with Gasteiger partial charge in [-0.2, -0.15) is 13.2 Å². The largest absolute Gasteiger partial charge is 0.417 e. The van der Waals surface area contributed by atoms with E-state index < -0.39 is 11.8 Å². The summed E-state index contributed by atoms with van der Waals surface area (Å²) in [5, 5.41) is 9.17. The van der Waals surface area contributed by atoms with Crippen molar-refractivity contribution in [1.29, 1.82) is 0 Å². The molecule has 0 aromatic carbocycles. The summed E-state index contributed by atoms with van der Waals surface area (Å²) in [7, 11) is 0. The highest BCUT2D eigenvalue weighted by molar-refractivity contribution is 5.85. The third-order valence-electron chi connectivity index (χ3n) is 3.25. The summed E-state index contributed by atoms with van der Waals surface area (Å²) in [6.07, 6.45) is -3.52. The Morgan fingerprint density at radius 2 is 1.64 bits per heavy atom. The molecule has 0 aromatic heterocycles. The zero-order chi connectivity index (χ0) is 9.91. The van der Waals surface area contributed by atoms with Crippen molar-refractivity contribution in [1.82, 2.24) is 0 Å². The van der Waals surface area contributed by atoms with Gasteiger partial charge < -0.3 is 10.8 Å². The van der Waals surface area contributed by atoms with E-state index in [1.54, 1.807) is 0 Å². The molecule has 2 fully saturated rings. The SMILES string of the molecule is Cl.NC1CC2(C1)CC(O)(C(F)(F)F)C2. The number of nitrogens with two attached hydrogens (primary N) is 1. The fourth-order valence-electron chi connectivity index (χ4n) is 2.73. The molecule has 0 atom stereocenters. The molecule has 14 heavy (non-hydrogen) atoms. The molecule has 0 bridgehead atoms. The second-order valence-electron chi connectivity index (χ2n) is 4.55. The van der Waals surface area contributed by atoms with Crippen molar-refractivity contribution < 1.29 is 18.3 Å². The minimum absolute atomic E-state index is 0. The van der Waals surface area contributed by atoms with Gasteiger partial charge in [0.1, 0.15) is 0 Å². The summed E-state index contributed by atoms with van der Waals surface area (Å²) in [6, 6.07) is 0.0396. The van der Waals surface area contributed by atoms with Gasteiger partial charge in [0.05, 0.1) is 0 Å². The first-order valence-corrected chi connectivity index (χ1v) is 4.31. The molecule has 6 heteroatoms. The minimum Gasteiger partial charge on any atom is -0.380 e. The lowest BCUT2D eigenvalue weighted by molar-refractivity contribution is -0.327. The van der Waals surface area contributed by atoms with Gasteiger partial charge in [-0.25, -0.2) is 0 Å². The second kappa shape index (κ2) is 3.00. The normalized spacial score (nSPS) is 46.5. The van der Waals surface area contributed by atoms with E-state index in [1.165, 1.54) is 0 Å². The fourth-order valence-corrected chi connectivity index (χ4v) is 2.73. The number of aliphatic hydroxyl groups is 1. The van der Waals surface area contributed by atoms with Gasteiger partial charge in [0.2, 0.25) is 0 Å². The van der Waals surface area contributed by atoms with Crippen LogP contribution in [0.3, 0.4) is 0 Å². The first-order chi connectivity index (χ1) is 5.77. The molecule has 0 aliphatic heterocycles. The average molecular weight is 232 g/mol. The summed E-state index contributed by atoms with van der Waals surface area (Å²) in [4.78, 5) is 0. The van der Waals surface area contributed by atoms with Gasteiger partial charge in [-0.3, -0.25) is 0 Å². The van der Waals surface area contributed by atoms with Crippen LogP contribution in [0.5, 0.6) is 0 Å². The Morgan fingerprint density at radius 3 is 1.93 bits per heavy atom. The third kappa shape index (κ3) is 1.51. The average Bonchev–Trinajstić information content (AvgIpc) is 1.77. The van der Waals surface area contributed by atoms with E-state index in [0.29, 0.717) is 12.8 Å². The first kappa shape index (κ1) is 12.1. The maximum absolute atomic E-state index is 12.2. The number of rotatable bonds is 0. The first-order valence-electron chi connectivity index (χ1n) is 4.31. The van der Waals surface area contributed by atoms with Crippen LogP contribution in [0.25, 0.3) is 0 Å². The van der Waals surface area contributed by atoms with E-state index in [0.717, 1.165) is 0 Å². The molecule has 0 heterocycles. The third-order valence-corrected chi connectivity index (χ3v) is 3.25. The molecule has 2 nitrogen and oxygen atoms in total. The van der Waals surface area contributed by atoms with E-state index in [9.17, 15) is 13.2 Å². The van der Waals surface area contributed by atoms with Crippen molar-refractivity contribution in [2.45, 2.75) is 43.5 Å². The molecule has 2 saturated carbocycles. The number of hydrogen-bond acceptors (Lipinski definition) is 2. The van der Waals surface area contributed by atoms with Crippen LogP contribution >= 0.6 is 12.4 Å². The molecule has 0 saturated heterocycles. The zero-order valence-corrected chi connectivity index (χ0v) is 8.29. The van der Waals surface area contributed by atoms with Crippen LogP contribution in [-0.2, 0) is 0 Å². The summed E-state index contributed by atoms with van der Waals surface area (Å²) in [6.45, 7) is 0. The van der Waals surface area contributed by atoms with Gasteiger partial charge in [0.25, 0.3) is 0 Å². The Kier molecular flexibility index (Phi) is 2.58. The fraction of sp³-hybridized carbons (Fsp3) is 1.00. The highest BCUT2D eigenvalue weighted by Gasteiger charge is 2.69. The maximum atomic E-state index is 12.2. The van der Waals surface area contributed by atoms with Gasteiger partial charge >= 0.3 is 6.18 Å². The topological polar surface area (TPSA) is 46.2 Å². The second-order valence-corrected chi connectivity index (χ2v) is 4.55. The van der Waals surface area contributed by atoms with Crippen LogP contribution in [-0.4, -0.2) is 22.9 Å². The van der Waals surface area contributed by atoms with Gasteiger partial charge in [-0.1, -0.05) is 0 Å². The predicted octanol–water partition coefficient (Wildman–Crippen LogP) is 1.60. The van der Waals surface area contributed by atoms with Crippen LogP contribution in [0, 0.1) is 5.41 Å². The van der Waals surface area contributed by atoms with Gasteiger partial charge in [-0.05, 0) is 31.1 Å². The van der Waals surface area contributed by atoms with Crippen molar-refractivity contribution in [3.05, 3.63) is 0 Å². The van der Waals surface area contributed by atoms with Crippen molar-refractivity contribution in [3.8, 4) is 0 Å². The van der Waals surface area contributed by atoms with E-state index >= 15 is 0 Å². The van der Waals surface area contributed by atoms with Crippen LogP contribution in [0.2, 0.25) is 0 Å². The van der Waals surface area contributed by atoms with Crippen LogP contribution in [0.1, 0.15) is 25.7 Å². The van der Waals surface area contributed by atoms with Gasteiger partial charge in [0, 0.05) is 6.04 Å². The molecule has 2 aliphatic carbocycles. The smallest absolute Gasteiger partial charge is 0.380 e. The molecule has 0 unspecified atom stereocenters. The van der Waals surface area contributed by atoms with E-state index in [4.69, 9.17) is 10.8 Å². The molecule has 0 aromatic rings. The lowest BCUT2D eigenvalue weighted by Gasteiger charge is -2.60. The van der Waals surface area contributed by atoms with Crippen LogP contribution in [0.15, 0.2) is 0 Å². The van der Waals surface area contributed by atoms with E-state index in [2.05, 4.69) is 0 Å². The molecular weight excluding hydrogens is 219 g/mol. The maximum Gasteiger partial charge on any atom is 0.417 e. The van der Waals surface area contributed by atoms with Gasteiger partial charge in [0.15, 0.2) is 5.60 Å². The minimum atomic E-state index is -4.47. The molecular formula is C8H13ClF3NO. The van der Waals surface area contributed by atoms with E-state index in [1.807, 2.05) is 0 Å². The Labute approximate surface area is 86.1 Å². The summed E-state index contributed by atoms with van der Waals surface area (Å²) < 4.78 is 36.6. The van der Waals surface area contributed by atoms with E-state index in [-0.39, 0.29) is 36.7 Å². The summed E-state index contributed by atoms with van der Waals surface area (Å²) >= 11 is 0. The molecule has 3 N–H and O–H groups in total. The monoisotopic (exact) mass is 231 g/mol. The molecule has 2 aliphatic rings. The van der Waals surface area contributed by atoms with Crippen molar-refractivity contribution in [2.75, 3.05) is 0 Å². The Hall–Kier alpha value is -0.0000000000000000555. The molecule has 1 spiro atoms. The zero-order valence-electron chi connectivity index (χ0n) is 7.47. The molecule has 0 radical (unpaired) electrons. The Morgan fingerprint density at radius 1 is 1.21 bits per heavy atom. The highest BCUT2D eigenvalue weighted by atomic mass is 35.5. The summed E-state index contributed by atoms with van der Waals surface area (Å²) in [5.74, 6) is 0. The molecule has 84 valence electrons. The van der Waals surface area contributed by atoms with Crippen molar-refractivity contribution in [2.24, 2.45) is 11.1 Å². The van der Waals surface area contributed by atoms with Crippen molar-refractivity contribution in [3.63, 3.8) is 0 Å². The predicted molar refractivity (Wildman–Crippen MR) is 47.1 cm³/mol. The number of alkyl halides is 3. The quantitative estimate of drug-likeness (QED) is 0.665. The Balaban J connectivity index is 0.000000980. The molecule has 2 rings (SSSR count). The van der Waals surface area contributed by atoms with Crippen molar-refractivity contribution >= 4 is 12.4 Å². The lowest BCUT2D eigenvalue weighted by Crippen LogP contribution is -2.66. The number of halogens is 4. The molecule has 0 amide bonds. The standard InChI is InChI=1S/C8H12F3NO.ClH/c9-8(10,11)7(13)3-6(4-7)1-5(12)2-6;/h5,13H,1-4,12H2;1H. The lowest BCUT2D eigenvalue weighted by atomic mass is 9.48. The van der Waals surface area contributed by atoms with Gasteiger partial charge in [-0.15, -0.1) is 12.4 Å². The Bertz CT molecular complexity index is 229. The number of hydrogen-bond donors (Lipinski definition) is 2.